The normalized spacial score (nSPS) is 9.71. The first-order chi connectivity index (χ1) is 13.7. The standard InChI is InChI=1S/C21H15NO2.2C2H6/c23-20-12-16-11-17(14-7-3-1-4-8-14)18(13-19(16)22-21(20)24)15-9-5-2-6-10-15;2*1-2/h1-13,23H,(H,22,24);2*1-2H3. The Hall–Kier alpha value is -3.33. The van der Waals surface area contributed by atoms with Crippen LogP contribution in [-0.4, -0.2) is 10.1 Å². The molecule has 1 aromatic heterocycles. The summed E-state index contributed by atoms with van der Waals surface area (Å²) in [6.45, 7) is 8.00. The van der Waals surface area contributed by atoms with E-state index in [9.17, 15) is 9.90 Å². The van der Waals surface area contributed by atoms with Gasteiger partial charge in [0.25, 0.3) is 5.56 Å². The van der Waals surface area contributed by atoms with Crippen LogP contribution < -0.4 is 5.56 Å². The smallest absolute Gasteiger partial charge is 0.290 e. The van der Waals surface area contributed by atoms with Gasteiger partial charge in [0, 0.05) is 10.9 Å². The molecule has 3 heteroatoms. The van der Waals surface area contributed by atoms with Crippen molar-refractivity contribution in [3.8, 4) is 28.0 Å². The molecule has 0 saturated carbocycles. The molecule has 3 nitrogen and oxygen atoms in total. The highest BCUT2D eigenvalue weighted by molar-refractivity contribution is 5.95. The minimum absolute atomic E-state index is 0.269. The maximum atomic E-state index is 11.7. The Morgan fingerprint density at radius 1 is 0.679 bits per heavy atom. The zero-order valence-corrected chi connectivity index (χ0v) is 16.9. The van der Waals surface area contributed by atoms with Gasteiger partial charge in [-0.2, -0.15) is 0 Å². The van der Waals surface area contributed by atoms with Crippen LogP contribution in [-0.2, 0) is 0 Å². The van der Waals surface area contributed by atoms with E-state index in [4.69, 9.17) is 0 Å². The molecule has 1 heterocycles. The average Bonchev–Trinajstić information content (AvgIpc) is 2.78. The van der Waals surface area contributed by atoms with Crippen molar-refractivity contribution in [3.05, 3.63) is 89.2 Å². The molecule has 0 bridgehead atoms. The third kappa shape index (κ3) is 4.49. The van der Waals surface area contributed by atoms with Crippen molar-refractivity contribution < 1.29 is 5.11 Å². The van der Waals surface area contributed by atoms with Crippen molar-refractivity contribution in [1.82, 2.24) is 4.98 Å². The van der Waals surface area contributed by atoms with Crippen LogP contribution in [0.5, 0.6) is 5.75 Å². The Morgan fingerprint density at radius 3 is 1.64 bits per heavy atom. The van der Waals surface area contributed by atoms with Crippen molar-refractivity contribution in [2.75, 3.05) is 0 Å². The van der Waals surface area contributed by atoms with Gasteiger partial charge in [-0.05, 0) is 40.5 Å². The molecular weight excluding hydrogens is 346 g/mol. The van der Waals surface area contributed by atoms with Gasteiger partial charge in [0.05, 0.1) is 0 Å². The maximum absolute atomic E-state index is 11.7. The van der Waals surface area contributed by atoms with Gasteiger partial charge in [0.15, 0.2) is 5.75 Å². The fourth-order valence-electron chi connectivity index (χ4n) is 2.96. The summed E-state index contributed by atoms with van der Waals surface area (Å²) in [6, 6.07) is 25.6. The van der Waals surface area contributed by atoms with Crippen LogP contribution in [0.3, 0.4) is 0 Å². The number of hydrogen-bond donors (Lipinski definition) is 2. The second kappa shape index (κ2) is 10.1. The summed E-state index contributed by atoms with van der Waals surface area (Å²) in [4.78, 5) is 14.5. The summed E-state index contributed by atoms with van der Waals surface area (Å²) in [5, 5.41) is 10.5. The lowest BCUT2D eigenvalue weighted by Crippen LogP contribution is -2.04. The second-order valence-electron chi connectivity index (χ2n) is 5.70. The highest BCUT2D eigenvalue weighted by atomic mass is 16.3. The molecule has 144 valence electrons. The fraction of sp³-hybridized carbons (Fsp3) is 0.160. The predicted octanol–water partition coefficient (Wildman–Crippen LogP) is 6.62. The van der Waals surface area contributed by atoms with Crippen molar-refractivity contribution in [2.45, 2.75) is 27.7 Å². The first-order valence-electron chi connectivity index (χ1n) is 9.73. The number of pyridine rings is 1. The van der Waals surface area contributed by atoms with E-state index in [0.29, 0.717) is 5.52 Å². The van der Waals surface area contributed by atoms with Gasteiger partial charge >= 0.3 is 0 Å². The molecule has 3 aromatic carbocycles. The number of H-pyrrole nitrogens is 1. The average molecular weight is 373 g/mol. The Labute approximate surface area is 166 Å². The van der Waals surface area contributed by atoms with E-state index >= 15 is 0 Å². The minimum Gasteiger partial charge on any atom is -0.503 e. The molecule has 0 saturated heterocycles. The number of benzene rings is 3. The van der Waals surface area contributed by atoms with Gasteiger partial charge < -0.3 is 10.1 Å². The molecule has 0 spiro atoms. The van der Waals surface area contributed by atoms with Crippen LogP contribution in [0.1, 0.15) is 27.7 Å². The molecule has 0 atom stereocenters. The Bertz CT molecular complexity index is 1070. The maximum Gasteiger partial charge on any atom is 0.290 e. The van der Waals surface area contributed by atoms with Crippen LogP contribution >= 0.6 is 0 Å². The predicted molar refractivity (Wildman–Crippen MR) is 120 cm³/mol. The molecule has 28 heavy (non-hydrogen) atoms. The minimum atomic E-state index is -0.478. The van der Waals surface area contributed by atoms with Gasteiger partial charge in [-0.3, -0.25) is 4.79 Å². The number of aromatic nitrogens is 1. The fourth-order valence-corrected chi connectivity index (χ4v) is 2.96. The van der Waals surface area contributed by atoms with Crippen molar-refractivity contribution >= 4 is 10.9 Å². The zero-order valence-electron chi connectivity index (χ0n) is 16.9. The quantitative estimate of drug-likeness (QED) is 0.415. The summed E-state index contributed by atoms with van der Waals surface area (Å²) in [5.74, 6) is -0.269. The van der Waals surface area contributed by atoms with E-state index in [2.05, 4.69) is 17.1 Å². The molecule has 0 unspecified atom stereocenters. The lowest BCUT2D eigenvalue weighted by Gasteiger charge is -2.12. The lowest BCUT2D eigenvalue weighted by atomic mass is 9.93. The molecule has 0 fully saturated rings. The first-order valence-corrected chi connectivity index (χ1v) is 9.73. The van der Waals surface area contributed by atoms with Crippen LogP contribution in [0.25, 0.3) is 33.2 Å². The van der Waals surface area contributed by atoms with Gasteiger partial charge in [0.2, 0.25) is 0 Å². The van der Waals surface area contributed by atoms with Gasteiger partial charge in [-0.25, -0.2) is 0 Å². The number of aromatic hydroxyl groups is 1. The second-order valence-corrected chi connectivity index (χ2v) is 5.70. The van der Waals surface area contributed by atoms with Crippen LogP contribution in [0.15, 0.2) is 83.7 Å². The molecule has 0 aliphatic heterocycles. The van der Waals surface area contributed by atoms with E-state index < -0.39 is 5.56 Å². The van der Waals surface area contributed by atoms with E-state index in [1.165, 1.54) is 6.07 Å². The van der Waals surface area contributed by atoms with E-state index in [-0.39, 0.29) is 5.75 Å². The summed E-state index contributed by atoms with van der Waals surface area (Å²) in [6.07, 6.45) is 0. The Morgan fingerprint density at radius 2 is 1.14 bits per heavy atom. The number of aromatic amines is 1. The molecular formula is C25H27NO2. The molecule has 0 amide bonds. The number of nitrogens with one attached hydrogen (secondary N) is 1. The van der Waals surface area contributed by atoms with E-state index in [0.717, 1.165) is 27.6 Å². The highest BCUT2D eigenvalue weighted by Crippen LogP contribution is 2.35. The third-order valence-electron chi connectivity index (χ3n) is 4.13. The SMILES string of the molecule is CC.CC.O=c1[nH]c2cc(-c3ccccc3)c(-c3ccccc3)cc2cc1O. The zero-order chi connectivity index (χ0) is 20.5. The van der Waals surface area contributed by atoms with Crippen LogP contribution in [0.4, 0.5) is 0 Å². The number of hydrogen-bond acceptors (Lipinski definition) is 2. The monoisotopic (exact) mass is 373 g/mol. The Kier molecular flexibility index (Phi) is 7.58. The van der Waals surface area contributed by atoms with Gasteiger partial charge in [-0.1, -0.05) is 88.4 Å². The lowest BCUT2D eigenvalue weighted by molar-refractivity contribution is 0.468. The first kappa shape index (κ1) is 21.0. The Balaban J connectivity index is 0.000000660. The summed E-state index contributed by atoms with van der Waals surface area (Å²) in [5.41, 5.74) is 4.48. The van der Waals surface area contributed by atoms with Crippen molar-refractivity contribution in [3.63, 3.8) is 0 Å². The molecule has 4 rings (SSSR count). The van der Waals surface area contributed by atoms with Crippen molar-refractivity contribution in [2.24, 2.45) is 0 Å². The van der Waals surface area contributed by atoms with Crippen LogP contribution in [0.2, 0.25) is 0 Å². The largest absolute Gasteiger partial charge is 0.503 e. The molecule has 0 aliphatic rings. The molecule has 4 aromatic rings. The number of rotatable bonds is 2. The van der Waals surface area contributed by atoms with E-state index in [1.807, 2.05) is 88.4 Å². The molecule has 2 N–H and O–H groups in total. The molecule has 0 aliphatic carbocycles. The third-order valence-corrected chi connectivity index (χ3v) is 4.13. The number of fused-ring (bicyclic) bond motifs is 1. The van der Waals surface area contributed by atoms with Crippen LogP contribution in [0, 0.1) is 0 Å². The molecule has 0 radical (unpaired) electrons. The van der Waals surface area contributed by atoms with Crippen molar-refractivity contribution in [1.29, 1.82) is 0 Å². The summed E-state index contributed by atoms with van der Waals surface area (Å²) in [7, 11) is 0. The van der Waals surface area contributed by atoms with E-state index in [1.54, 1.807) is 0 Å². The van der Waals surface area contributed by atoms with Gasteiger partial charge in [-0.15, -0.1) is 0 Å². The summed E-state index contributed by atoms with van der Waals surface area (Å²) < 4.78 is 0. The topological polar surface area (TPSA) is 53.1 Å². The highest BCUT2D eigenvalue weighted by Gasteiger charge is 2.11. The van der Waals surface area contributed by atoms with Gasteiger partial charge in [0.1, 0.15) is 0 Å². The summed E-state index contributed by atoms with van der Waals surface area (Å²) >= 11 is 0.